The highest BCUT2D eigenvalue weighted by Gasteiger charge is 2.65. The van der Waals surface area contributed by atoms with Crippen LogP contribution in [0.25, 0.3) is 0 Å². The van der Waals surface area contributed by atoms with Crippen LogP contribution in [0.4, 0.5) is 0 Å². The number of hydrogen-bond donors (Lipinski definition) is 2. The molecule has 0 spiro atoms. The Kier molecular flexibility index (Phi) is 6.21. The minimum Gasteiger partial charge on any atom is -0.305 e. The van der Waals surface area contributed by atoms with E-state index < -0.39 is 0 Å². The van der Waals surface area contributed by atoms with Crippen molar-refractivity contribution in [2.45, 2.75) is 88.1 Å². The Hall–Kier alpha value is -2.46. The van der Waals surface area contributed by atoms with E-state index in [4.69, 9.17) is 0 Å². The number of hydrogen-bond acceptors (Lipinski definition) is 3. The summed E-state index contributed by atoms with van der Waals surface area (Å²) in [5.74, 6) is 3.34. The molecule has 3 aromatic rings. The molecule has 3 aromatic carbocycles. The van der Waals surface area contributed by atoms with Gasteiger partial charge in [0.2, 0.25) is 0 Å². The molecule has 10 unspecified atom stereocenters. The maximum atomic E-state index is 4.30. The van der Waals surface area contributed by atoms with Crippen LogP contribution in [0.5, 0.6) is 0 Å². The first-order valence-electron chi connectivity index (χ1n) is 16.0. The second-order valence-electron chi connectivity index (χ2n) is 14.2. The predicted molar refractivity (Wildman–Crippen MR) is 163 cm³/mol. The monoisotopic (exact) mass is 531 g/mol. The van der Waals surface area contributed by atoms with Crippen molar-refractivity contribution in [2.75, 3.05) is 6.54 Å². The Balaban J connectivity index is 1.17. The van der Waals surface area contributed by atoms with Crippen molar-refractivity contribution in [3.63, 3.8) is 0 Å². The van der Waals surface area contributed by atoms with Crippen LogP contribution in [0, 0.1) is 23.2 Å². The lowest BCUT2D eigenvalue weighted by atomic mass is 9.53. The molecular formula is C37H45N3. The Morgan fingerprint density at radius 1 is 0.675 bits per heavy atom. The first kappa shape index (κ1) is 25.3. The minimum absolute atomic E-state index is 0.296. The number of nitrogens with one attached hydrogen (secondary N) is 2. The van der Waals surface area contributed by atoms with Crippen LogP contribution in [0.15, 0.2) is 91.0 Å². The zero-order valence-electron chi connectivity index (χ0n) is 24.1. The Labute approximate surface area is 240 Å². The quantitative estimate of drug-likeness (QED) is 0.377. The highest BCUT2D eigenvalue weighted by Crippen LogP contribution is 2.62. The molecule has 208 valence electrons. The molecule has 5 aliphatic rings. The van der Waals surface area contributed by atoms with Crippen molar-refractivity contribution >= 4 is 0 Å². The van der Waals surface area contributed by atoms with E-state index in [1.165, 1.54) is 43.2 Å². The van der Waals surface area contributed by atoms with Crippen molar-refractivity contribution in [1.82, 2.24) is 15.5 Å². The summed E-state index contributed by atoms with van der Waals surface area (Å²) in [5, 5.41) is 8.51. The van der Waals surface area contributed by atoms with E-state index in [0.717, 1.165) is 12.5 Å². The summed E-state index contributed by atoms with van der Waals surface area (Å²) in [6.45, 7) is 6.40. The molecule has 0 bridgehead atoms. The molecule has 0 aromatic heterocycles. The van der Waals surface area contributed by atoms with Gasteiger partial charge in [-0.15, -0.1) is 0 Å². The summed E-state index contributed by atoms with van der Waals surface area (Å²) in [6, 6.07) is 36.4. The molecule has 0 radical (unpaired) electrons. The highest BCUT2D eigenvalue weighted by molar-refractivity contribution is 5.29. The molecule has 3 heteroatoms. The van der Waals surface area contributed by atoms with Gasteiger partial charge >= 0.3 is 0 Å². The Bertz CT molecular complexity index is 1310. The van der Waals surface area contributed by atoms with Gasteiger partial charge in [0, 0.05) is 30.7 Å². The van der Waals surface area contributed by atoms with E-state index in [-0.39, 0.29) is 0 Å². The molecule has 4 heterocycles. The lowest BCUT2D eigenvalue weighted by Gasteiger charge is -2.63. The maximum absolute atomic E-state index is 4.30. The van der Waals surface area contributed by atoms with Crippen molar-refractivity contribution in [1.29, 1.82) is 0 Å². The zero-order valence-corrected chi connectivity index (χ0v) is 24.1. The van der Waals surface area contributed by atoms with Gasteiger partial charge in [0.25, 0.3) is 0 Å². The number of fused-ring (bicyclic) bond motifs is 5. The van der Waals surface area contributed by atoms with Gasteiger partial charge in [0.1, 0.15) is 0 Å². The van der Waals surface area contributed by atoms with Crippen LogP contribution in [0.2, 0.25) is 0 Å². The van der Waals surface area contributed by atoms with Gasteiger partial charge in [-0.25, -0.2) is 0 Å². The lowest BCUT2D eigenvalue weighted by molar-refractivity contribution is -0.136. The summed E-state index contributed by atoms with van der Waals surface area (Å²) in [6.07, 6.45) is 6.98. The summed E-state index contributed by atoms with van der Waals surface area (Å²) in [5.41, 5.74) is 4.84. The smallest absolute Gasteiger partial charge is 0.0637 e. The molecule has 0 amide bonds. The molecule has 4 aliphatic heterocycles. The molecule has 8 rings (SSSR count). The van der Waals surface area contributed by atoms with Gasteiger partial charge in [-0.2, -0.15) is 0 Å². The fourth-order valence-corrected chi connectivity index (χ4v) is 10.3. The van der Waals surface area contributed by atoms with Crippen LogP contribution in [-0.2, 0) is 0 Å². The standard InChI is InChI=1S/C37H45N3/c1-37(2)30-21-27(24-12-6-3-7-13-24)20-29-34-33(19-18-32(39-34)26-16-10-5-11-17-26)40(35(29)30)36-31(37)22-28(23-38-36)25-14-8-4-9-15-25/h3-17,27-36,38-39H,18-23H2,1-2H3. The van der Waals surface area contributed by atoms with Gasteiger partial charge in [-0.1, -0.05) is 105 Å². The molecule has 2 N–H and O–H groups in total. The number of benzene rings is 3. The van der Waals surface area contributed by atoms with Crippen molar-refractivity contribution in [3.05, 3.63) is 108 Å². The summed E-state index contributed by atoms with van der Waals surface area (Å²) >= 11 is 0. The molecule has 1 aliphatic carbocycles. The van der Waals surface area contributed by atoms with Crippen LogP contribution < -0.4 is 10.6 Å². The van der Waals surface area contributed by atoms with E-state index in [1.54, 1.807) is 5.56 Å². The number of piperidine rings is 3. The third-order valence-corrected chi connectivity index (χ3v) is 12.2. The van der Waals surface area contributed by atoms with Crippen LogP contribution in [-0.4, -0.2) is 35.7 Å². The highest BCUT2D eigenvalue weighted by atomic mass is 15.4. The largest absolute Gasteiger partial charge is 0.305 e. The normalized spacial score (nSPS) is 40.0. The van der Waals surface area contributed by atoms with E-state index in [0.29, 0.717) is 59.4 Å². The van der Waals surface area contributed by atoms with Crippen LogP contribution in [0.1, 0.15) is 80.5 Å². The van der Waals surface area contributed by atoms with Gasteiger partial charge in [0.05, 0.1) is 6.17 Å². The van der Waals surface area contributed by atoms with Gasteiger partial charge in [-0.3, -0.25) is 4.90 Å². The van der Waals surface area contributed by atoms with Crippen LogP contribution >= 0.6 is 0 Å². The van der Waals surface area contributed by atoms with E-state index in [2.05, 4.69) is 120 Å². The first-order valence-corrected chi connectivity index (χ1v) is 16.0. The number of nitrogens with zero attached hydrogens (tertiary/aromatic N) is 1. The first-order chi connectivity index (χ1) is 19.6. The fourth-order valence-electron chi connectivity index (χ4n) is 10.3. The second-order valence-corrected chi connectivity index (χ2v) is 14.2. The van der Waals surface area contributed by atoms with Crippen molar-refractivity contribution in [3.8, 4) is 0 Å². The second kappa shape index (κ2) is 9.82. The topological polar surface area (TPSA) is 27.3 Å². The van der Waals surface area contributed by atoms with Gasteiger partial charge in [-0.05, 0) is 83.8 Å². The van der Waals surface area contributed by atoms with E-state index >= 15 is 0 Å². The minimum atomic E-state index is 0.296. The van der Waals surface area contributed by atoms with Gasteiger partial charge < -0.3 is 10.6 Å². The predicted octanol–water partition coefficient (Wildman–Crippen LogP) is 7.10. The molecule has 1 saturated carbocycles. The van der Waals surface area contributed by atoms with E-state index in [1.807, 2.05) is 0 Å². The summed E-state index contributed by atoms with van der Waals surface area (Å²) < 4.78 is 0. The molecule has 10 atom stereocenters. The maximum Gasteiger partial charge on any atom is 0.0637 e. The third-order valence-electron chi connectivity index (χ3n) is 12.2. The Morgan fingerprint density at radius 3 is 1.95 bits per heavy atom. The lowest BCUT2D eigenvalue weighted by Crippen LogP contribution is -2.70. The third kappa shape index (κ3) is 3.95. The SMILES string of the molecule is CC1(C)C2CC(c3ccccc3)CNC2N2C3CCC(c4ccccc4)NC3C3CC(c4ccccc4)CC1C32. The molecular weight excluding hydrogens is 486 g/mol. The average molecular weight is 532 g/mol. The van der Waals surface area contributed by atoms with Gasteiger partial charge in [0.15, 0.2) is 0 Å². The van der Waals surface area contributed by atoms with E-state index in [9.17, 15) is 0 Å². The molecule has 4 saturated heterocycles. The molecule has 5 fully saturated rings. The fraction of sp³-hybridized carbons (Fsp3) is 0.514. The molecule has 3 nitrogen and oxygen atoms in total. The average Bonchev–Trinajstić information content (AvgIpc) is 3.34. The van der Waals surface area contributed by atoms with Crippen molar-refractivity contribution in [2.24, 2.45) is 23.2 Å². The summed E-state index contributed by atoms with van der Waals surface area (Å²) in [4.78, 5) is 3.08. The zero-order chi connectivity index (χ0) is 26.8. The summed E-state index contributed by atoms with van der Waals surface area (Å²) in [7, 11) is 0. The van der Waals surface area contributed by atoms with Crippen molar-refractivity contribution < 1.29 is 0 Å². The van der Waals surface area contributed by atoms with Crippen LogP contribution in [0.3, 0.4) is 0 Å². The number of rotatable bonds is 3. The Morgan fingerprint density at radius 2 is 1.27 bits per heavy atom. The molecule has 40 heavy (non-hydrogen) atoms.